The first-order valence-electron chi connectivity index (χ1n) is 5.87. The number of nitrogens with zero attached hydrogens (tertiary/aromatic N) is 1. The molecule has 1 aromatic rings. The highest BCUT2D eigenvalue weighted by molar-refractivity contribution is 9.10. The lowest BCUT2D eigenvalue weighted by Crippen LogP contribution is -2.58. The van der Waals surface area contributed by atoms with Crippen molar-refractivity contribution in [2.45, 2.75) is 31.8 Å². The Balaban J connectivity index is 2.97. The van der Waals surface area contributed by atoms with Gasteiger partial charge in [-0.2, -0.15) is 0 Å². The normalized spacial score (nSPS) is 14.0. The van der Waals surface area contributed by atoms with Crippen LogP contribution in [0, 0.1) is 5.82 Å². The average molecular weight is 318 g/mol. The summed E-state index contributed by atoms with van der Waals surface area (Å²) in [5.74, 6) is 5.40. The van der Waals surface area contributed by atoms with Gasteiger partial charge in [0.2, 0.25) is 0 Å². The molecule has 3 nitrogen and oxygen atoms in total. The molecule has 0 bridgehead atoms. The Morgan fingerprint density at radius 3 is 2.56 bits per heavy atom. The third-order valence-electron chi connectivity index (χ3n) is 3.66. The van der Waals surface area contributed by atoms with Crippen molar-refractivity contribution >= 4 is 15.9 Å². The van der Waals surface area contributed by atoms with Crippen LogP contribution in [0.1, 0.15) is 19.4 Å². The summed E-state index contributed by atoms with van der Waals surface area (Å²) in [5.41, 5.74) is 3.61. The van der Waals surface area contributed by atoms with Crippen LogP contribution in [0.15, 0.2) is 22.7 Å². The van der Waals surface area contributed by atoms with E-state index >= 15 is 0 Å². The van der Waals surface area contributed by atoms with Gasteiger partial charge in [0.15, 0.2) is 0 Å². The molecule has 0 aliphatic carbocycles. The number of benzene rings is 1. The molecule has 1 unspecified atom stereocenters. The molecule has 1 atom stereocenters. The quantitative estimate of drug-likeness (QED) is 0.647. The molecule has 102 valence electrons. The van der Waals surface area contributed by atoms with E-state index in [1.54, 1.807) is 6.07 Å². The second-order valence-electron chi connectivity index (χ2n) is 5.18. The summed E-state index contributed by atoms with van der Waals surface area (Å²) < 4.78 is 14.0. The Morgan fingerprint density at radius 2 is 2.06 bits per heavy atom. The number of hydrogen-bond acceptors (Lipinski definition) is 3. The van der Waals surface area contributed by atoms with Gasteiger partial charge in [0.05, 0.1) is 4.47 Å². The van der Waals surface area contributed by atoms with Crippen molar-refractivity contribution in [1.82, 2.24) is 10.3 Å². The van der Waals surface area contributed by atoms with Gasteiger partial charge in [-0.25, -0.2) is 4.39 Å². The second kappa shape index (κ2) is 6.10. The maximum atomic E-state index is 13.5. The molecule has 1 rings (SSSR count). The Bertz CT molecular complexity index is 407. The zero-order valence-corrected chi connectivity index (χ0v) is 12.9. The SMILES string of the molecule is CN(C)C(C)(C)C(Cc1cccc(F)c1Br)NN. The summed E-state index contributed by atoms with van der Waals surface area (Å²) in [6.45, 7) is 4.20. The number of rotatable bonds is 5. The monoisotopic (exact) mass is 317 g/mol. The molecular formula is C13H21BrFN3. The van der Waals surface area contributed by atoms with E-state index in [4.69, 9.17) is 5.84 Å². The number of likely N-dealkylation sites (N-methyl/N-ethyl adjacent to an activating group) is 1. The van der Waals surface area contributed by atoms with Gasteiger partial charge >= 0.3 is 0 Å². The van der Waals surface area contributed by atoms with Crippen LogP contribution in [0.25, 0.3) is 0 Å². The fourth-order valence-electron chi connectivity index (χ4n) is 1.75. The van der Waals surface area contributed by atoms with E-state index in [9.17, 15) is 4.39 Å². The lowest BCUT2D eigenvalue weighted by atomic mass is 9.88. The third kappa shape index (κ3) is 3.29. The smallest absolute Gasteiger partial charge is 0.137 e. The van der Waals surface area contributed by atoms with Gasteiger partial charge in [-0.1, -0.05) is 12.1 Å². The van der Waals surface area contributed by atoms with E-state index in [1.807, 2.05) is 20.2 Å². The minimum atomic E-state index is -0.245. The first kappa shape index (κ1) is 15.6. The van der Waals surface area contributed by atoms with Crippen molar-refractivity contribution in [1.29, 1.82) is 0 Å². The van der Waals surface area contributed by atoms with Crippen LogP contribution in [-0.2, 0) is 6.42 Å². The third-order valence-corrected chi connectivity index (χ3v) is 4.55. The molecule has 3 N–H and O–H groups in total. The molecule has 1 aromatic carbocycles. The van der Waals surface area contributed by atoms with E-state index in [0.29, 0.717) is 10.9 Å². The first-order chi connectivity index (χ1) is 8.30. The summed E-state index contributed by atoms with van der Waals surface area (Å²) >= 11 is 3.28. The van der Waals surface area contributed by atoms with Gasteiger partial charge in [-0.3, -0.25) is 11.3 Å². The minimum absolute atomic E-state index is 0.0191. The fraction of sp³-hybridized carbons (Fsp3) is 0.538. The fourth-order valence-corrected chi connectivity index (χ4v) is 2.18. The number of hydrazine groups is 1. The van der Waals surface area contributed by atoms with Crippen molar-refractivity contribution < 1.29 is 4.39 Å². The molecular weight excluding hydrogens is 297 g/mol. The molecule has 0 aromatic heterocycles. The number of nitrogens with one attached hydrogen (secondary N) is 1. The van der Waals surface area contributed by atoms with E-state index in [-0.39, 0.29) is 17.4 Å². The maximum absolute atomic E-state index is 13.5. The number of halogens is 2. The summed E-state index contributed by atoms with van der Waals surface area (Å²) in [4.78, 5) is 2.10. The first-order valence-corrected chi connectivity index (χ1v) is 6.66. The van der Waals surface area contributed by atoms with Crippen molar-refractivity contribution in [2.24, 2.45) is 5.84 Å². The molecule has 0 aliphatic heterocycles. The average Bonchev–Trinajstić information content (AvgIpc) is 2.30. The molecule has 0 saturated carbocycles. The van der Waals surface area contributed by atoms with Crippen LogP contribution in [0.5, 0.6) is 0 Å². The lowest BCUT2D eigenvalue weighted by Gasteiger charge is -2.40. The van der Waals surface area contributed by atoms with Gasteiger partial charge in [0, 0.05) is 11.6 Å². The Hall–Kier alpha value is -0.490. The van der Waals surface area contributed by atoms with Gasteiger partial charge in [-0.05, 0) is 61.9 Å². The van der Waals surface area contributed by atoms with Crippen LogP contribution in [0.4, 0.5) is 4.39 Å². The molecule has 0 amide bonds. The number of hydrogen-bond donors (Lipinski definition) is 2. The van der Waals surface area contributed by atoms with Gasteiger partial charge in [0.1, 0.15) is 5.82 Å². The van der Waals surface area contributed by atoms with Crippen molar-refractivity contribution in [3.05, 3.63) is 34.1 Å². The Morgan fingerprint density at radius 1 is 1.44 bits per heavy atom. The highest BCUT2D eigenvalue weighted by Gasteiger charge is 2.31. The molecule has 0 heterocycles. The largest absolute Gasteiger partial charge is 0.303 e. The summed E-state index contributed by atoms with van der Waals surface area (Å²) in [6.07, 6.45) is 0.653. The summed E-state index contributed by atoms with van der Waals surface area (Å²) in [7, 11) is 4.01. The highest BCUT2D eigenvalue weighted by Crippen LogP contribution is 2.25. The molecule has 18 heavy (non-hydrogen) atoms. The van der Waals surface area contributed by atoms with Crippen LogP contribution < -0.4 is 11.3 Å². The lowest BCUT2D eigenvalue weighted by molar-refractivity contribution is 0.137. The molecule has 0 aliphatic rings. The topological polar surface area (TPSA) is 41.3 Å². The van der Waals surface area contributed by atoms with Crippen LogP contribution in [0.3, 0.4) is 0 Å². The minimum Gasteiger partial charge on any atom is -0.303 e. The number of nitrogens with two attached hydrogens (primary N) is 1. The second-order valence-corrected chi connectivity index (χ2v) is 5.98. The standard InChI is InChI=1S/C13H21BrFN3/c1-13(2,18(3)4)11(17-16)8-9-6-5-7-10(15)12(9)14/h5-7,11,17H,8,16H2,1-4H3. The Labute approximate surface area is 117 Å². The van der Waals surface area contributed by atoms with Crippen LogP contribution >= 0.6 is 15.9 Å². The predicted octanol–water partition coefficient (Wildman–Crippen LogP) is 2.30. The summed E-state index contributed by atoms with van der Waals surface area (Å²) in [6, 6.07) is 5.08. The van der Waals surface area contributed by atoms with Crippen molar-refractivity contribution in [3.8, 4) is 0 Å². The molecule has 0 saturated heterocycles. The van der Waals surface area contributed by atoms with Crippen LogP contribution in [0.2, 0.25) is 0 Å². The molecule has 0 spiro atoms. The molecule has 0 fully saturated rings. The molecule has 0 radical (unpaired) electrons. The van der Waals surface area contributed by atoms with E-state index in [2.05, 4.69) is 40.1 Å². The zero-order valence-electron chi connectivity index (χ0n) is 11.3. The van der Waals surface area contributed by atoms with E-state index in [1.165, 1.54) is 6.07 Å². The maximum Gasteiger partial charge on any atom is 0.137 e. The highest BCUT2D eigenvalue weighted by atomic mass is 79.9. The van der Waals surface area contributed by atoms with E-state index < -0.39 is 0 Å². The predicted molar refractivity (Wildman–Crippen MR) is 76.7 cm³/mol. The van der Waals surface area contributed by atoms with Gasteiger partial charge < -0.3 is 4.90 Å². The van der Waals surface area contributed by atoms with Crippen LogP contribution in [-0.4, -0.2) is 30.6 Å². The van der Waals surface area contributed by atoms with Crippen molar-refractivity contribution in [3.63, 3.8) is 0 Å². The van der Waals surface area contributed by atoms with Crippen molar-refractivity contribution in [2.75, 3.05) is 14.1 Å². The Kier molecular flexibility index (Phi) is 5.28. The zero-order chi connectivity index (χ0) is 13.9. The van der Waals surface area contributed by atoms with E-state index in [0.717, 1.165) is 5.56 Å². The summed E-state index contributed by atoms with van der Waals surface area (Å²) in [5, 5.41) is 0. The molecule has 5 heteroatoms. The van der Waals surface area contributed by atoms with Gasteiger partial charge in [0.25, 0.3) is 0 Å². The van der Waals surface area contributed by atoms with Gasteiger partial charge in [-0.15, -0.1) is 0 Å².